The molecule has 106 valence electrons. The van der Waals surface area contributed by atoms with Crippen LogP contribution in [-0.4, -0.2) is 25.3 Å². The largest absolute Gasteiger partial charge is 0.465 e. The Labute approximate surface area is 109 Å². The number of hydrogen-bond acceptors (Lipinski definition) is 3. The molecule has 0 fully saturated rings. The zero-order chi connectivity index (χ0) is 14.3. The molecule has 0 aliphatic heterocycles. The van der Waals surface area contributed by atoms with Gasteiger partial charge >= 0.3 is 12.1 Å². The van der Waals surface area contributed by atoms with Gasteiger partial charge in [0.25, 0.3) is 0 Å². The van der Waals surface area contributed by atoms with Crippen molar-refractivity contribution in [3.63, 3.8) is 0 Å². The average Bonchev–Trinajstić information content (AvgIpc) is 2.34. The van der Waals surface area contributed by atoms with Crippen LogP contribution in [0.3, 0.4) is 0 Å². The Morgan fingerprint density at radius 3 is 2.47 bits per heavy atom. The van der Waals surface area contributed by atoms with Gasteiger partial charge in [0.1, 0.15) is 0 Å². The first-order valence-electron chi connectivity index (χ1n) is 5.93. The van der Waals surface area contributed by atoms with Crippen LogP contribution in [0.1, 0.15) is 24.9 Å². The van der Waals surface area contributed by atoms with Gasteiger partial charge in [-0.05, 0) is 12.5 Å². The van der Waals surface area contributed by atoms with Crippen molar-refractivity contribution < 1.29 is 22.7 Å². The molecule has 1 N–H and O–H groups in total. The van der Waals surface area contributed by atoms with Crippen LogP contribution >= 0.6 is 0 Å². The fraction of sp³-hybridized carbons (Fsp3) is 0.462. The quantitative estimate of drug-likeness (QED) is 0.811. The molecular weight excluding hydrogens is 259 g/mol. The summed E-state index contributed by atoms with van der Waals surface area (Å²) in [4.78, 5) is 11.2. The van der Waals surface area contributed by atoms with Gasteiger partial charge in [-0.15, -0.1) is 0 Å². The third-order valence-electron chi connectivity index (χ3n) is 2.44. The second kappa shape index (κ2) is 7.13. The van der Waals surface area contributed by atoms with Crippen LogP contribution in [0.4, 0.5) is 13.2 Å². The molecule has 0 aromatic heterocycles. The topological polar surface area (TPSA) is 38.3 Å². The van der Waals surface area contributed by atoms with Gasteiger partial charge < -0.3 is 4.74 Å². The van der Waals surface area contributed by atoms with E-state index in [1.807, 2.05) is 0 Å². The summed E-state index contributed by atoms with van der Waals surface area (Å²) < 4.78 is 42.2. The Morgan fingerprint density at radius 1 is 1.32 bits per heavy atom. The number of carbonyl (C=O) groups excluding carboxylic acids is 1. The molecule has 0 radical (unpaired) electrons. The summed E-state index contributed by atoms with van der Waals surface area (Å²) in [5.74, 6) is -0.564. The van der Waals surface area contributed by atoms with E-state index in [1.54, 1.807) is 37.3 Å². The molecule has 0 bridgehead atoms. The standard InChI is InChI=1S/C13H16F3NO2/c1-2-19-12(18)9-17-11(8-13(14,15)16)10-6-4-3-5-7-10/h3-7,11,17H,2,8-9H2,1H3. The molecule has 1 unspecified atom stereocenters. The van der Waals surface area contributed by atoms with Crippen molar-refractivity contribution in [3.05, 3.63) is 35.9 Å². The molecule has 1 atom stereocenters. The van der Waals surface area contributed by atoms with Crippen molar-refractivity contribution >= 4 is 5.97 Å². The van der Waals surface area contributed by atoms with Gasteiger partial charge in [0.05, 0.1) is 19.6 Å². The fourth-order valence-electron chi connectivity index (χ4n) is 1.64. The highest BCUT2D eigenvalue weighted by atomic mass is 19.4. The van der Waals surface area contributed by atoms with Crippen LogP contribution in [0, 0.1) is 0 Å². The van der Waals surface area contributed by atoms with Crippen molar-refractivity contribution in [3.8, 4) is 0 Å². The van der Waals surface area contributed by atoms with Crippen molar-refractivity contribution in [2.75, 3.05) is 13.2 Å². The Balaban J connectivity index is 2.68. The monoisotopic (exact) mass is 275 g/mol. The number of carbonyl (C=O) groups is 1. The highest BCUT2D eigenvalue weighted by molar-refractivity contribution is 5.71. The maximum atomic E-state index is 12.5. The van der Waals surface area contributed by atoms with Crippen molar-refractivity contribution in [2.45, 2.75) is 25.6 Å². The van der Waals surface area contributed by atoms with Gasteiger partial charge in [-0.2, -0.15) is 13.2 Å². The molecule has 0 amide bonds. The summed E-state index contributed by atoms with van der Waals surface area (Å²) in [5.41, 5.74) is 0.490. The first-order chi connectivity index (χ1) is 8.92. The Kier molecular flexibility index (Phi) is 5.82. The fourth-order valence-corrected chi connectivity index (χ4v) is 1.64. The Hall–Kier alpha value is -1.56. The SMILES string of the molecule is CCOC(=O)CNC(CC(F)(F)F)c1ccccc1. The maximum Gasteiger partial charge on any atom is 0.390 e. The molecule has 0 aliphatic rings. The lowest BCUT2D eigenvalue weighted by Gasteiger charge is -2.20. The highest BCUT2D eigenvalue weighted by Gasteiger charge is 2.32. The van der Waals surface area contributed by atoms with Gasteiger partial charge in [0.15, 0.2) is 0 Å². The third kappa shape index (κ3) is 6.24. The van der Waals surface area contributed by atoms with E-state index >= 15 is 0 Å². The Bertz CT molecular complexity index is 393. The molecule has 0 aliphatic carbocycles. The number of hydrogen-bond donors (Lipinski definition) is 1. The van der Waals surface area contributed by atoms with Gasteiger partial charge in [-0.3, -0.25) is 10.1 Å². The summed E-state index contributed by atoms with van der Waals surface area (Å²) in [6, 6.07) is 7.27. The number of alkyl halides is 3. The molecule has 19 heavy (non-hydrogen) atoms. The normalized spacial score (nSPS) is 13.1. The number of halogens is 3. The summed E-state index contributed by atoms with van der Waals surface area (Å²) in [6.07, 6.45) is -5.33. The number of ether oxygens (including phenoxy) is 1. The van der Waals surface area contributed by atoms with E-state index in [9.17, 15) is 18.0 Å². The first kappa shape index (κ1) is 15.5. The second-order valence-electron chi connectivity index (χ2n) is 3.97. The smallest absolute Gasteiger partial charge is 0.390 e. The van der Waals surface area contributed by atoms with Crippen LogP contribution in [0.15, 0.2) is 30.3 Å². The van der Waals surface area contributed by atoms with E-state index in [2.05, 4.69) is 10.1 Å². The van der Waals surface area contributed by atoms with Crippen molar-refractivity contribution in [1.82, 2.24) is 5.32 Å². The van der Waals surface area contributed by atoms with Crippen molar-refractivity contribution in [1.29, 1.82) is 0 Å². The molecule has 1 aromatic carbocycles. The van der Waals surface area contributed by atoms with E-state index in [-0.39, 0.29) is 13.2 Å². The summed E-state index contributed by atoms with van der Waals surface area (Å²) in [5, 5.41) is 2.58. The first-order valence-corrected chi connectivity index (χ1v) is 5.93. The van der Waals surface area contributed by atoms with E-state index in [0.717, 1.165) is 0 Å². The molecular formula is C13H16F3NO2. The summed E-state index contributed by atoms with van der Waals surface area (Å²) >= 11 is 0. The van der Waals surface area contributed by atoms with Crippen LogP contribution in [0.25, 0.3) is 0 Å². The molecule has 0 spiro atoms. The lowest BCUT2D eigenvalue weighted by molar-refractivity contribution is -0.146. The molecule has 1 rings (SSSR count). The zero-order valence-electron chi connectivity index (χ0n) is 10.5. The van der Waals surface area contributed by atoms with Gasteiger partial charge in [0, 0.05) is 6.04 Å². The zero-order valence-corrected chi connectivity index (χ0v) is 10.5. The molecule has 0 saturated carbocycles. The predicted octanol–water partition coefficient (Wildman–Crippen LogP) is 2.83. The van der Waals surface area contributed by atoms with E-state index in [4.69, 9.17) is 0 Å². The number of nitrogens with one attached hydrogen (secondary N) is 1. The van der Waals surface area contributed by atoms with Crippen LogP contribution in [0.5, 0.6) is 0 Å². The maximum absolute atomic E-state index is 12.5. The second-order valence-corrected chi connectivity index (χ2v) is 3.97. The lowest BCUT2D eigenvalue weighted by Crippen LogP contribution is -2.31. The minimum Gasteiger partial charge on any atom is -0.465 e. The van der Waals surface area contributed by atoms with Gasteiger partial charge in [-0.25, -0.2) is 0 Å². The summed E-state index contributed by atoms with van der Waals surface area (Å²) in [7, 11) is 0. The Morgan fingerprint density at radius 2 is 1.95 bits per heavy atom. The average molecular weight is 275 g/mol. The van der Waals surface area contributed by atoms with Crippen LogP contribution < -0.4 is 5.32 Å². The van der Waals surface area contributed by atoms with Gasteiger partial charge in [-0.1, -0.05) is 30.3 Å². The minimum absolute atomic E-state index is 0.204. The van der Waals surface area contributed by atoms with E-state index in [0.29, 0.717) is 5.56 Å². The van der Waals surface area contributed by atoms with Gasteiger partial charge in [0.2, 0.25) is 0 Å². The third-order valence-corrected chi connectivity index (χ3v) is 2.44. The number of esters is 1. The minimum atomic E-state index is -4.30. The predicted molar refractivity (Wildman–Crippen MR) is 64.5 cm³/mol. The van der Waals surface area contributed by atoms with E-state index in [1.165, 1.54) is 0 Å². The lowest BCUT2D eigenvalue weighted by atomic mass is 10.0. The molecule has 1 aromatic rings. The molecule has 6 heteroatoms. The number of rotatable bonds is 6. The number of benzene rings is 1. The molecule has 0 heterocycles. The van der Waals surface area contributed by atoms with Crippen LogP contribution in [0.2, 0.25) is 0 Å². The van der Waals surface area contributed by atoms with Crippen molar-refractivity contribution in [2.24, 2.45) is 0 Å². The van der Waals surface area contributed by atoms with Crippen LogP contribution in [-0.2, 0) is 9.53 Å². The van der Waals surface area contributed by atoms with E-state index < -0.39 is 24.6 Å². The molecule has 3 nitrogen and oxygen atoms in total. The molecule has 0 saturated heterocycles. The highest BCUT2D eigenvalue weighted by Crippen LogP contribution is 2.29. The summed E-state index contributed by atoms with van der Waals surface area (Å²) in [6.45, 7) is 1.60.